The van der Waals surface area contributed by atoms with Gasteiger partial charge in [-0.25, -0.2) is 0 Å². The van der Waals surface area contributed by atoms with Gasteiger partial charge in [-0.1, -0.05) is 12.1 Å². The van der Waals surface area contributed by atoms with Crippen LogP contribution >= 0.6 is 0 Å². The molecule has 0 aromatic heterocycles. The molecule has 0 fully saturated rings. The van der Waals surface area contributed by atoms with E-state index in [4.69, 9.17) is 19.5 Å². The topological polar surface area (TPSA) is 80.6 Å². The van der Waals surface area contributed by atoms with Gasteiger partial charge in [0.15, 0.2) is 6.61 Å². The number of rotatable bonds is 9. The number of amides is 1. The van der Waals surface area contributed by atoms with E-state index in [1.807, 2.05) is 36.4 Å². The standard InChI is InChI=1S/C21H22N2O4/c1-25-19-8-9-20(26-2)17(15-19)11-13-23-21(24)10-5-16-3-6-18(7-4-16)27-14-12-22/h3-10,15H,11,13-14H2,1-2H3,(H,23,24). The summed E-state index contributed by atoms with van der Waals surface area (Å²) in [5, 5.41) is 11.3. The lowest BCUT2D eigenvalue weighted by atomic mass is 10.1. The van der Waals surface area contributed by atoms with Gasteiger partial charge in [-0.05, 0) is 54.0 Å². The number of hydrogen-bond donors (Lipinski definition) is 1. The lowest BCUT2D eigenvalue weighted by molar-refractivity contribution is -0.116. The third-order valence-corrected chi connectivity index (χ3v) is 3.79. The Balaban J connectivity index is 1.84. The Kier molecular flexibility index (Phi) is 7.73. The van der Waals surface area contributed by atoms with E-state index in [9.17, 15) is 4.79 Å². The minimum Gasteiger partial charge on any atom is -0.497 e. The van der Waals surface area contributed by atoms with Crippen molar-refractivity contribution >= 4 is 12.0 Å². The molecular weight excluding hydrogens is 344 g/mol. The Hall–Kier alpha value is -3.46. The fraction of sp³-hybridized carbons (Fsp3) is 0.238. The molecule has 140 valence electrons. The quantitative estimate of drug-likeness (QED) is 0.690. The zero-order chi connectivity index (χ0) is 19.5. The molecule has 0 atom stereocenters. The number of carbonyl (C=O) groups is 1. The fourth-order valence-electron chi connectivity index (χ4n) is 2.42. The molecule has 0 unspecified atom stereocenters. The summed E-state index contributed by atoms with van der Waals surface area (Å²) in [6.45, 7) is 0.489. The Bertz CT molecular complexity index is 823. The molecule has 0 aliphatic carbocycles. The van der Waals surface area contributed by atoms with Crippen LogP contribution < -0.4 is 19.5 Å². The highest BCUT2D eigenvalue weighted by molar-refractivity contribution is 5.91. The summed E-state index contributed by atoms with van der Waals surface area (Å²) in [4.78, 5) is 12.0. The maximum Gasteiger partial charge on any atom is 0.244 e. The fourth-order valence-corrected chi connectivity index (χ4v) is 2.42. The summed E-state index contributed by atoms with van der Waals surface area (Å²) in [5.74, 6) is 1.95. The number of benzene rings is 2. The van der Waals surface area contributed by atoms with E-state index < -0.39 is 0 Å². The third kappa shape index (κ3) is 6.40. The van der Waals surface area contributed by atoms with Crippen LogP contribution in [0.3, 0.4) is 0 Å². The molecule has 2 aromatic carbocycles. The van der Waals surface area contributed by atoms with Gasteiger partial charge in [0, 0.05) is 12.6 Å². The van der Waals surface area contributed by atoms with Crippen molar-refractivity contribution in [3.05, 3.63) is 59.7 Å². The maximum atomic E-state index is 12.0. The summed E-state index contributed by atoms with van der Waals surface area (Å²) in [7, 11) is 3.23. The van der Waals surface area contributed by atoms with E-state index in [-0.39, 0.29) is 12.5 Å². The van der Waals surface area contributed by atoms with Crippen LogP contribution in [0.25, 0.3) is 6.08 Å². The van der Waals surface area contributed by atoms with Gasteiger partial charge in [0.25, 0.3) is 0 Å². The zero-order valence-electron chi connectivity index (χ0n) is 15.4. The molecule has 0 heterocycles. The molecule has 1 amide bonds. The highest BCUT2D eigenvalue weighted by atomic mass is 16.5. The van der Waals surface area contributed by atoms with Crippen molar-refractivity contribution in [2.75, 3.05) is 27.4 Å². The van der Waals surface area contributed by atoms with E-state index in [1.54, 1.807) is 32.4 Å². The van der Waals surface area contributed by atoms with Crippen molar-refractivity contribution in [1.82, 2.24) is 5.32 Å². The van der Waals surface area contributed by atoms with Gasteiger partial charge in [0.1, 0.15) is 23.3 Å². The number of nitriles is 1. The van der Waals surface area contributed by atoms with Crippen LogP contribution in [-0.2, 0) is 11.2 Å². The molecule has 2 aromatic rings. The molecule has 0 bridgehead atoms. The average Bonchev–Trinajstić information content (AvgIpc) is 2.71. The first-order valence-corrected chi connectivity index (χ1v) is 8.43. The first-order chi connectivity index (χ1) is 13.2. The van der Waals surface area contributed by atoms with Gasteiger partial charge in [-0.3, -0.25) is 4.79 Å². The maximum absolute atomic E-state index is 12.0. The predicted octanol–water partition coefficient (Wildman–Crippen LogP) is 2.98. The Morgan fingerprint density at radius 1 is 1.11 bits per heavy atom. The molecule has 27 heavy (non-hydrogen) atoms. The smallest absolute Gasteiger partial charge is 0.244 e. The van der Waals surface area contributed by atoms with E-state index in [1.165, 1.54) is 6.08 Å². The minimum atomic E-state index is -0.179. The summed E-state index contributed by atoms with van der Waals surface area (Å²) >= 11 is 0. The van der Waals surface area contributed by atoms with Crippen LogP contribution in [0.15, 0.2) is 48.5 Å². The van der Waals surface area contributed by atoms with Gasteiger partial charge in [-0.2, -0.15) is 5.26 Å². The normalized spacial score (nSPS) is 10.3. The molecule has 0 aliphatic rings. The summed E-state index contributed by atoms with van der Waals surface area (Å²) < 4.78 is 15.7. The van der Waals surface area contributed by atoms with Crippen molar-refractivity contribution < 1.29 is 19.0 Å². The minimum absolute atomic E-state index is 0.00959. The van der Waals surface area contributed by atoms with E-state index in [2.05, 4.69) is 5.32 Å². The molecule has 0 spiro atoms. The SMILES string of the molecule is COc1ccc(OC)c(CCNC(=O)C=Cc2ccc(OCC#N)cc2)c1. The Labute approximate surface area is 159 Å². The Morgan fingerprint density at radius 2 is 1.85 bits per heavy atom. The predicted molar refractivity (Wildman–Crippen MR) is 103 cm³/mol. The van der Waals surface area contributed by atoms with Crippen LogP contribution in [0, 0.1) is 11.3 Å². The largest absolute Gasteiger partial charge is 0.497 e. The lowest BCUT2D eigenvalue weighted by Gasteiger charge is -2.10. The summed E-state index contributed by atoms with van der Waals surface area (Å²) in [6.07, 6.45) is 3.83. The van der Waals surface area contributed by atoms with Gasteiger partial charge in [-0.15, -0.1) is 0 Å². The summed E-state index contributed by atoms with van der Waals surface area (Å²) in [5.41, 5.74) is 1.83. The lowest BCUT2D eigenvalue weighted by Crippen LogP contribution is -2.23. The first-order valence-electron chi connectivity index (χ1n) is 8.43. The third-order valence-electron chi connectivity index (χ3n) is 3.79. The number of nitrogens with zero attached hydrogens (tertiary/aromatic N) is 1. The molecule has 0 radical (unpaired) electrons. The molecule has 1 N–H and O–H groups in total. The number of hydrogen-bond acceptors (Lipinski definition) is 5. The molecule has 6 nitrogen and oxygen atoms in total. The first kappa shape index (κ1) is 19.9. The second kappa shape index (κ2) is 10.5. The second-order valence-corrected chi connectivity index (χ2v) is 5.57. The van der Waals surface area contributed by atoms with Crippen molar-refractivity contribution in [1.29, 1.82) is 5.26 Å². The zero-order valence-corrected chi connectivity index (χ0v) is 15.4. The van der Waals surface area contributed by atoms with Crippen LogP contribution in [0.1, 0.15) is 11.1 Å². The van der Waals surface area contributed by atoms with Gasteiger partial charge < -0.3 is 19.5 Å². The van der Waals surface area contributed by atoms with E-state index in [0.29, 0.717) is 18.7 Å². The van der Waals surface area contributed by atoms with Crippen molar-refractivity contribution in [2.45, 2.75) is 6.42 Å². The van der Waals surface area contributed by atoms with Gasteiger partial charge in [0.05, 0.1) is 14.2 Å². The number of ether oxygens (including phenoxy) is 3. The monoisotopic (exact) mass is 366 g/mol. The molecule has 2 rings (SSSR count). The van der Waals surface area contributed by atoms with Gasteiger partial charge >= 0.3 is 0 Å². The highest BCUT2D eigenvalue weighted by Crippen LogP contribution is 2.24. The van der Waals surface area contributed by atoms with Crippen LogP contribution in [-0.4, -0.2) is 33.3 Å². The average molecular weight is 366 g/mol. The van der Waals surface area contributed by atoms with Crippen LogP contribution in [0.5, 0.6) is 17.2 Å². The van der Waals surface area contributed by atoms with Crippen molar-refractivity contribution in [2.24, 2.45) is 0 Å². The van der Waals surface area contributed by atoms with Gasteiger partial charge in [0.2, 0.25) is 5.91 Å². The van der Waals surface area contributed by atoms with Crippen molar-refractivity contribution in [3.63, 3.8) is 0 Å². The second-order valence-electron chi connectivity index (χ2n) is 5.57. The summed E-state index contributed by atoms with van der Waals surface area (Å²) in [6, 6.07) is 14.6. The molecule has 6 heteroatoms. The molecule has 0 saturated carbocycles. The van der Waals surface area contributed by atoms with E-state index >= 15 is 0 Å². The molecular formula is C21H22N2O4. The Morgan fingerprint density at radius 3 is 2.52 bits per heavy atom. The number of methoxy groups -OCH3 is 2. The van der Waals surface area contributed by atoms with Crippen LogP contribution in [0.4, 0.5) is 0 Å². The molecule has 0 saturated heterocycles. The molecule has 0 aliphatic heterocycles. The van der Waals surface area contributed by atoms with Crippen molar-refractivity contribution in [3.8, 4) is 23.3 Å². The number of carbonyl (C=O) groups excluding carboxylic acids is 1. The number of nitrogens with one attached hydrogen (secondary N) is 1. The van der Waals surface area contributed by atoms with Crippen LogP contribution in [0.2, 0.25) is 0 Å². The van der Waals surface area contributed by atoms with E-state index in [0.717, 1.165) is 22.6 Å². The highest BCUT2D eigenvalue weighted by Gasteiger charge is 2.05.